The third-order valence-corrected chi connectivity index (χ3v) is 5.14. The summed E-state index contributed by atoms with van der Waals surface area (Å²) < 4.78 is 78.5. The maximum absolute atomic E-state index is 13.2. The monoisotopic (exact) mass is 347 g/mol. The molecule has 23 heavy (non-hydrogen) atoms. The van der Waals surface area contributed by atoms with Crippen molar-refractivity contribution in [1.82, 2.24) is 16.0 Å². The maximum atomic E-state index is 13.2. The van der Waals surface area contributed by atoms with Crippen LogP contribution in [0.5, 0.6) is 0 Å². The quantitative estimate of drug-likeness (QED) is 0.537. The molecule has 4 nitrogen and oxygen atoms in total. The molecule has 3 aliphatic rings. The van der Waals surface area contributed by atoms with Crippen molar-refractivity contribution in [2.45, 2.75) is 62.0 Å². The molecule has 1 saturated carbocycles. The molecule has 0 bridgehead atoms. The number of hydrogen-bond acceptors (Lipinski definition) is 4. The molecule has 7 atom stereocenters. The normalized spacial score (nSPS) is 45.3. The van der Waals surface area contributed by atoms with Gasteiger partial charge in [-0.15, -0.1) is 0 Å². The zero-order chi connectivity index (χ0) is 17.0. The van der Waals surface area contributed by atoms with Crippen LogP contribution in [0.1, 0.15) is 19.3 Å². The van der Waals surface area contributed by atoms with Gasteiger partial charge < -0.3 is 10.4 Å². The van der Waals surface area contributed by atoms with Gasteiger partial charge in [-0.1, -0.05) is 0 Å². The summed E-state index contributed by atoms with van der Waals surface area (Å²) >= 11 is 0. The fraction of sp³-hybridized carbons (Fsp3) is 1.00. The van der Waals surface area contributed by atoms with E-state index in [0.29, 0.717) is 13.0 Å². The van der Waals surface area contributed by atoms with Gasteiger partial charge in [-0.2, -0.15) is 26.3 Å². The van der Waals surface area contributed by atoms with Crippen molar-refractivity contribution >= 4 is 0 Å². The van der Waals surface area contributed by atoms with Gasteiger partial charge >= 0.3 is 12.4 Å². The molecule has 2 heterocycles. The first-order chi connectivity index (χ1) is 10.6. The number of fused-ring (bicyclic) bond motifs is 1. The summed E-state index contributed by atoms with van der Waals surface area (Å²) in [6.07, 6.45) is -11.4. The van der Waals surface area contributed by atoms with E-state index in [-0.39, 0.29) is 12.5 Å². The highest BCUT2D eigenvalue weighted by Gasteiger charge is 2.59. The highest BCUT2D eigenvalue weighted by Crippen LogP contribution is 2.47. The number of rotatable bonds is 1. The molecule has 5 unspecified atom stereocenters. The lowest BCUT2D eigenvalue weighted by atomic mass is 9.75. The minimum absolute atomic E-state index is 0.297. The van der Waals surface area contributed by atoms with Gasteiger partial charge in [-0.05, 0) is 19.3 Å². The first-order valence-electron chi connectivity index (χ1n) is 7.62. The summed E-state index contributed by atoms with van der Waals surface area (Å²) in [4.78, 5) is 0. The fourth-order valence-electron chi connectivity index (χ4n) is 4.01. The molecule has 2 saturated heterocycles. The maximum Gasteiger partial charge on any atom is 0.393 e. The SMILES string of the molecule is O[C@@H]1CN[C@H](C2NC3CC(C(F)(F)F)CC(C(F)(F)F)C3N2)C1. The van der Waals surface area contributed by atoms with Crippen LogP contribution >= 0.6 is 0 Å². The van der Waals surface area contributed by atoms with Crippen molar-refractivity contribution in [2.24, 2.45) is 11.8 Å². The lowest BCUT2D eigenvalue weighted by Crippen LogP contribution is -2.53. The van der Waals surface area contributed by atoms with Crippen LogP contribution in [0.4, 0.5) is 26.3 Å². The van der Waals surface area contributed by atoms with Gasteiger partial charge in [0.25, 0.3) is 0 Å². The Hall–Kier alpha value is -0.580. The van der Waals surface area contributed by atoms with Crippen LogP contribution < -0.4 is 16.0 Å². The minimum Gasteiger partial charge on any atom is -0.392 e. The third-order valence-electron chi connectivity index (χ3n) is 5.14. The van der Waals surface area contributed by atoms with Crippen molar-refractivity contribution in [2.75, 3.05) is 6.54 Å². The van der Waals surface area contributed by atoms with Crippen molar-refractivity contribution in [1.29, 1.82) is 0 Å². The Kier molecular flexibility index (Phi) is 4.31. The fourth-order valence-corrected chi connectivity index (χ4v) is 4.01. The summed E-state index contributed by atoms with van der Waals surface area (Å²) in [7, 11) is 0. The van der Waals surface area contributed by atoms with Crippen molar-refractivity contribution in [3.8, 4) is 0 Å². The zero-order valence-corrected chi connectivity index (χ0v) is 12.1. The van der Waals surface area contributed by atoms with Gasteiger partial charge in [0.2, 0.25) is 0 Å². The molecule has 10 heteroatoms. The van der Waals surface area contributed by atoms with Crippen LogP contribution in [0, 0.1) is 11.8 Å². The Morgan fingerprint density at radius 1 is 0.826 bits per heavy atom. The predicted octanol–water partition coefficient (Wildman–Crippen LogP) is 1.12. The lowest BCUT2D eigenvalue weighted by molar-refractivity contribution is -0.228. The summed E-state index contributed by atoms with van der Waals surface area (Å²) in [6.45, 7) is 0.327. The van der Waals surface area contributed by atoms with Crippen LogP contribution in [0.2, 0.25) is 0 Å². The molecule has 3 rings (SSSR count). The summed E-state index contributed by atoms with van der Waals surface area (Å²) in [5, 5.41) is 18.2. The first kappa shape index (κ1) is 17.2. The molecule has 4 N–H and O–H groups in total. The molecule has 0 amide bonds. The van der Waals surface area contributed by atoms with Gasteiger partial charge in [0, 0.05) is 24.7 Å². The van der Waals surface area contributed by atoms with Gasteiger partial charge in [0.15, 0.2) is 0 Å². The number of aliphatic hydroxyl groups is 1. The highest BCUT2D eigenvalue weighted by molar-refractivity contribution is 5.07. The smallest absolute Gasteiger partial charge is 0.392 e. The van der Waals surface area contributed by atoms with Gasteiger partial charge in [0.05, 0.1) is 24.1 Å². The molecule has 0 spiro atoms. The van der Waals surface area contributed by atoms with E-state index in [1.54, 1.807) is 0 Å². The number of β-amino-alcohol motifs (C(OH)–C–C–N with tert-alkyl or cyclic N) is 1. The number of aliphatic hydroxyl groups excluding tert-OH is 1. The second-order valence-electron chi connectivity index (χ2n) is 6.71. The summed E-state index contributed by atoms with van der Waals surface area (Å²) in [6, 6.07) is -2.25. The van der Waals surface area contributed by atoms with E-state index in [2.05, 4.69) is 16.0 Å². The van der Waals surface area contributed by atoms with Crippen molar-refractivity contribution in [3.63, 3.8) is 0 Å². The van der Waals surface area contributed by atoms with E-state index < -0.39 is 55.0 Å². The average molecular weight is 347 g/mol. The largest absolute Gasteiger partial charge is 0.393 e. The average Bonchev–Trinajstić information content (AvgIpc) is 3.00. The van der Waals surface area contributed by atoms with Crippen molar-refractivity contribution < 1.29 is 31.4 Å². The predicted molar refractivity (Wildman–Crippen MR) is 68.4 cm³/mol. The highest BCUT2D eigenvalue weighted by atomic mass is 19.4. The summed E-state index contributed by atoms with van der Waals surface area (Å²) in [5.74, 6) is -3.98. The molecule has 0 aromatic rings. The second kappa shape index (κ2) is 5.75. The van der Waals surface area contributed by atoms with Crippen LogP contribution in [0.15, 0.2) is 0 Å². The van der Waals surface area contributed by atoms with E-state index >= 15 is 0 Å². The Morgan fingerprint density at radius 3 is 2.04 bits per heavy atom. The van der Waals surface area contributed by atoms with E-state index in [4.69, 9.17) is 0 Å². The Morgan fingerprint density at radius 2 is 1.52 bits per heavy atom. The Labute approximate surface area is 129 Å². The third kappa shape index (κ3) is 3.45. The molecule has 3 fully saturated rings. The number of alkyl halides is 6. The Bertz CT molecular complexity index is 442. The van der Waals surface area contributed by atoms with Gasteiger partial charge in [-0.3, -0.25) is 10.6 Å². The van der Waals surface area contributed by atoms with Crippen LogP contribution in [0.3, 0.4) is 0 Å². The van der Waals surface area contributed by atoms with Crippen LogP contribution in [-0.4, -0.2) is 54.4 Å². The molecule has 0 aromatic carbocycles. The molecule has 0 aromatic heterocycles. The van der Waals surface area contributed by atoms with E-state index in [1.807, 2.05) is 0 Å². The molecule has 134 valence electrons. The molecule has 2 aliphatic heterocycles. The molecule has 1 aliphatic carbocycles. The van der Waals surface area contributed by atoms with Crippen LogP contribution in [0.25, 0.3) is 0 Å². The van der Waals surface area contributed by atoms with E-state index in [0.717, 1.165) is 0 Å². The number of nitrogens with one attached hydrogen (secondary N) is 3. The topological polar surface area (TPSA) is 56.3 Å². The van der Waals surface area contributed by atoms with Gasteiger partial charge in [0.1, 0.15) is 0 Å². The summed E-state index contributed by atoms with van der Waals surface area (Å²) in [5.41, 5.74) is 0. The molecular weight excluding hydrogens is 328 g/mol. The first-order valence-corrected chi connectivity index (χ1v) is 7.62. The van der Waals surface area contributed by atoms with Crippen molar-refractivity contribution in [3.05, 3.63) is 0 Å². The standard InChI is InChI=1S/C13H19F6N3O/c14-12(15,16)5-1-7(13(17,18)19)10-8(2-5)21-11(22-10)9-3-6(23)4-20-9/h5-11,20-23H,1-4H2/t5?,6-,7?,8?,9-,10?,11?/m0/s1. The second-order valence-corrected chi connectivity index (χ2v) is 6.71. The molecular formula is C13H19F6N3O. The van der Waals surface area contributed by atoms with E-state index in [9.17, 15) is 31.4 Å². The molecule has 0 radical (unpaired) electrons. The number of hydrogen-bond donors (Lipinski definition) is 4. The zero-order valence-electron chi connectivity index (χ0n) is 12.1. The minimum atomic E-state index is -4.68. The number of halogens is 6. The van der Waals surface area contributed by atoms with Crippen LogP contribution in [-0.2, 0) is 0 Å². The lowest BCUT2D eigenvalue weighted by Gasteiger charge is -2.39. The Balaban J connectivity index is 1.76. The van der Waals surface area contributed by atoms with E-state index in [1.165, 1.54) is 0 Å². The van der Waals surface area contributed by atoms with Gasteiger partial charge in [-0.25, -0.2) is 0 Å².